The molecule has 0 unspecified atom stereocenters. The van der Waals surface area contributed by atoms with Gasteiger partial charge in [-0.1, -0.05) is 17.7 Å². The van der Waals surface area contributed by atoms with Crippen molar-refractivity contribution in [3.05, 3.63) is 80.7 Å². The number of nitro benzene ring substituents is 1. The molecule has 2 heterocycles. The number of carbonyl (C=O) groups is 1. The Kier molecular flexibility index (Phi) is 7.38. The first-order valence-electron chi connectivity index (χ1n) is 11.1. The number of aryl methyl sites for hydroxylation is 1. The SMILES string of the molecule is Cc1cc(NC(=O)C2CCN(S(=O)(=O)c3ccc([N+](=O)[O-])cc3)CC2)nn1Cc1c(F)cccc1Cl. The summed E-state index contributed by atoms with van der Waals surface area (Å²) in [4.78, 5) is 23.0. The van der Waals surface area contributed by atoms with Crippen molar-refractivity contribution in [1.82, 2.24) is 14.1 Å². The summed E-state index contributed by atoms with van der Waals surface area (Å²) >= 11 is 6.10. The van der Waals surface area contributed by atoms with Crippen LogP contribution in [0.15, 0.2) is 53.4 Å². The number of piperidine rings is 1. The predicted octanol–water partition coefficient (Wildman–Crippen LogP) is 3.98. The van der Waals surface area contributed by atoms with Crippen molar-refractivity contribution < 1.29 is 22.5 Å². The van der Waals surface area contributed by atoms with E-state index >= 15 is 0 Å². The Balaban J connectivity index is 1.37. The van der Waals surface area contributed by atoms with E-state index in [9.17, 15) is 27.7 Å². The maximum Gasteiger partial charge on any atom is 0.269 e. The molecule has 1 fully saturated rings. The minimum absolute atomic E-state index is 0.0352. The zero-order valence-corrected chi connectivity index (χ0v) is 20.8. The second-order valence-corrected chi connectivity index (χ2v) is 10.8. The summed E-state index contributed by atoms with van der Waals surface area (Å²) < 4.78 is 42.7. The van der Waals surface area contributed by atoms with Gasteiger partial charge >= 0.3 is 0 Å². The van der Waals surface area contributed by atoms with Crippen LogP contribution in [0, 0.1) is 28.8 Å². The van der Waals surface area contributed by atoms with Crippen LogP contribution in [0.1, 0.15) is 24.1 Å². The maximum absolute atomic E-state index is 14.1. The van der Waals surface area contributed by atoms with Gasteiger partial charge in [0.1, 0.15) is 5.82 Å². The number of carbonyl (C=O) groups excluding carboxylic acids is 1. The lowest BCUT2D eigenvalue weighted by atomic mass is 9.97. The molecule has 10 nitrogen and oxygen atoms in total. The Morgan fingerprint density at radius 1 is 1.22 bits per heavy atom. The summed E-state index contributed by atoms with van der Waals surface area (Å²) in [5.41, 5.74) is 0.803. The van der Waals surface area contributed by atoms with E-state index in [1.807, 2.05) is 0 Å². The molecule has 0 bridgehead atoms. The van der Waals surface area contributed by atoms with Crippen molar-refractivity contribution in [2.45, 2.75) is 31.2 Å². The van der Waals surface area contributed by atoms with Gasteiger partial charge in [0.2, 0.25) is 15.9 Å². The van der Waals surface area contributed by atoms with Crippen LogP contribution in [0.25, 0.3) is 0 Å². The highest BCUT2D eigenvalue weighted by Crippen LogP contribution is 2.26. The number of nitrogens with zero attached hydrogens (tertiary/aromatic N) is 4. The molecule has 190 valence electrons. The lowest BCUT2D eigenvalue weighted by molar-refractivity contribution is -0.384. The van der Waals surface area contributed by atoms with Gasteiger partial charge < -0.3 is 5.32 Å². The Labute approximate surface area is 211 Å². The number of hydrogen-bond acceptors (Lipinski definition) is 6. The number of nitrogens with one attached hydrogen (secondary N) is 1. The number of nitro groups is 1. The van der Waals surface area contributed by atoms with E-state index in [4.69, 9.17) is 11.6 Å². The molecule has 1 aromatic heterocycles. The predicted molar refractivity (Wildman–Crippen MR) is 131 cm³/mol. The Morgan fingerprint density at radius 2 is 1.89 bits per heavy atom. The van der Waals surface area contributed by atoms with Gasteiger partial charge in [-0.05, 0) is 44.0 Å². The third kappa shape index (κ3) is 5.40. The first-order chi connectivity index (χ1) is 17.1. The first kappa shape index (κ1) is 25.7. The van der Waals surface area contributed by atoms with Gasteiger partial charge in [0.15, 0.2) is 5.82 Å². The molecule has 0 spiro atoms. The van der Waals surface area contributed by atoms with Crippen molar-refractivity contribution in [3.8, 4) is 0 Å². The van der Waals surface area contributed by atoms with Crippen LogP contribution in [0.3, 0.4) is 0 Å². The molecule has 0 atom stereocenters. The number of amides is 1. The summed E-state index contributed by atoms with van der Waals surface area (Å²) in [5, 5.41) is 18.2. The molecular formula is C23H23ClFN5O5S. The monoisotopic (exact) mass is 535 g/mol. The summed E-state index contributed by atoms with van der Waals surface area (Å²) in [5.74, 6) is -0.833. The fourth-order valence-corrected chi connectivity index (χ4v) is 5.73. The largest absolute Gasteiger partial charge is 0.309 e. The van der Waals surface area contributed by atoms with Crippen LogP contribution < -0.4 is 5.32 Å². The average molecular weight is 536 g/mol. The highest BCUT2D eigenvalue weighted by atomic mass is 35.5. The van der Waals surface area contributed by atoms with Crippen LogP contribution in [0.4, 0.5) is 15.9 Å². The van der Waals surface area contributed by atoms with Crippen molar-refractivity contribution in [2.24, 2.45) is 5.92 Å². The van der Waals surface area contributed by atoms with Crippen LogP contribution in [0.2, 0.25) is 5.02 Å². The maximum atomic E-state index is 14.1. The van der Waals surface area contributed by atoms with E-state index in [0.29, 0.717) is 29.9 Å². The molecular weight excluding hydrogens is 513 g/mol. The van der Waals surface area contributed by atoms with E-state index in [2.05, 4.69) is 10.4 Å². The quantitative estimate of drug-likeness (QED) is 0.360. The molecule has 1 saturated heterocycles. The first-order valence-corrected chi connectivity index (χ1v) is 12.9. The van der Waals surface area contributed by atoms with Gasteiger partial charge in [0, 0.05) is 53.5 Å². The van der Waals surface area contributed by atoms with E-state index in [1.54, 1.807) is 23.7 Å². The molecule has 0 radical (unpaired) electrons. The van der Waals surface area contributed by atoms with E-state index in [-0.39, 0.29) is 41.1 Å². The highest BCUT2D eigenvalue weighted by molar-refractivity contribution is 7.89. The van der Waals surface area contributed by atoms with E-state index in [1.165, 1.54) is 28.6 Å². The second kappa shape index (κ2) is 10.3. The van der Waals surface area contributed by atoms with Crippen molar-refractivity contribution in [3.63, 3.8) is 0 Å². The Morgan fingerprint density at radius 3 is 2.50 bits per heavy atom. The van der Waals surface area contributed by atoms with Gasteiger partial charge in [-0.25, -0.2) is 12.8 Å². The number of sulfonamides is 1. The third-order valence-corrected chi connectivity index (χ3v) is 8.38. The van der Waals surface area contributed by atoms with Crippen molar-refractivity contribution in [2.75, 3.05) is 18.4 Å². The molecule has 0 saturated carbocycles. The number of halogens is 2. The molecule has 1 aliphatic rings. The van der Waals surface area contributed by atoms with Gasteiger partial charge in [0.05, 0.1) is 16.4 Å². The van der Waals surface area contributed by atoms with Crippen molar-refractivity contribution >= 4 is 39.0 Å². The third-order valence-electron chi connectivity index (χ3n) is 6.11. The summed E-state index contributed by atoms with van der Waals surface area (Å²) in [6.07, 6.45) is 0.616. The fourth-order valence-electron chi connectivity index (χ4n) is 4.04. The number of non-ortho nitro benzene ring substituents is 1. The molecule has 1 N–H and O–H groups in total. The minimum atomic E-state index is -3.83. The fraction of sp³-hybridized carbons (Fsp3) is 0.304. The molecule has 13 heteroatoms. The number of benzene rings is 2. The van der Waals surface area contributed by atoms with Gasteiger partial charge in [-0.15, -0.1) is 0 Å². The second-order valence-electron chi connectivity index (χ2n) is 8.45. The van der Waals surface area contributed by atoms with Crippen LogP contribution >= 0.6 is 11.6 Å². The Hall–Kier alpha value is -3.35. The van der Waals surface area contributed by atoms with Crippen LogP contribution in [0.5, 0.6) is 0 Å². The number of hydrogen-bond donors (Lipinski definition) is 1. The standard InChI is InChI=1S/C23H23ClFN5O5S/c1-15-13-22(27-29(15)14-19-20(24)3-2-4-21(19)25)26-23(31)16-9-11-28(12-10-16)36(34,35)18-7-5-17(6-8-18)30(32)33/h2-8,13,16H,9-12,14H2,1H3,(H,26,27,31). The normalized spacial score (nSPS) is 15.1. The lowest BCUT2D eigenvalue weighted by Gasteiger charge is -2.30. The lowest BCUT2D eigenvalue weighted by Crippen LogP contribution is -2.41. The van der Waals surface area contributed by atoms with E-state index < -0.39 is 26.7 Å². The van der Waals surface area contributed by atoms with Gasteiger partial charge in [0.25, 0.3) is 5.69 Å². The zero-order valence-electron chi connectivity index (χ0n) is 19.2. The van der Waals surface area contributed by atoms with Crippen LogP contribution in [-0.4, -0.2) is 46.4 Å². The van der Waals surface area contributed by atoms with Crippen LogP contribution in [-0.2, 0) is 21.4 Å². The number of aromatic nitrogens is 2. The smallest absolute Gasteiger partial charge is 0.269 e. The molecule has 1 amide bonds. The minimum Gasteiger partial charge on any atom is -0.309 e. The zero-order chi connectivity index (χ0) is 26.0. The molecule has 4 rings (SSSR count). The summed E-state index contributed by atoms with van der Waals surface area (Å²) in [7, 11) is -3.83. The topological polar surface area (TPSA) is 127 Å². The van der Waals surface area contributed by atoms with Crippen molar-refractivity contribution in [1.29, 1.82) is 0 Å². The average Bonchev–Trinajstić information content (AvgIpc) is 3.19. The molecule has 1 aliphatic heterocycles. The summed E-state index contributed by atoms with van der Waals surface area (Å²) in [6, 6.07) is 10.8. The van der Waals surface area contributed by atoms with Gasteiger partial charge in [-0.3, -0.25) is 19.6 Å². The van der Waals surface area contributed by atoms with Gasteiger partial charge in [-0.2, -0.15) is 9.40 Å². The number of anilines is 1. The molecule has 2 aromatic carbocycles. The molecule has 0 aliphatic carbocycles. The molecule has 36 heavy (non-hydrogen) atoms. The highest BCUT2D eigenvalue weighted by Gasteiger charge is 2.32. The number of rotatable bonds is 7. The summed E-state index contributed by atoms with van der Waals surface area (Å²) in [6.45, 7) is 2.15. The Bertz CT molecular complexity index is 1380. The van der Waals surface area contributed by atoms with E-state index in [0.717, 1.165) is 12.1 Å². The molecule has 3 aromatic rings.